The van der Waals surface area contributed by atoms with E-state index in [0.717, 1.165) is 0 Å². The smallest absolute Gasteiger partial charge is 0.155 e. The number of hydrogen-bond donors (Lipinski definition) is 1. The van der Waals surface area contributed by atoms with E-state index < -0.39 is 12.6 Å². The highest BCUT2D eigenvalue weighted by atomic mass is 35.5. The monoisotopic (exact) mass is 228 g/mol. The Morgan fingerprint density at radius 2 is 2.27 bits per heavy atom. The maximum atomic E-state index is 9.84. The van der Waals surface area contributed by atoms with Gasteiger partial charge in [-0.1, -0.05) is 11.6 Å². The van der Waals surface area contributed by atoms with E-state index >= 15 is 0 Å². The number of nitriles is 1. The summed E-state index contributed by atoms with van der Waals surface area (Å²) in [5.41, 5.74) is -0.814. The first-order chi connectivity index (χ1) is 8.04. The zero-order valence-corrected chi connectivity index (χ0v) is 9.09. The van der Waals surface area contributed by atoms with Crippen molar-refractivity contribution in [1.82, 2.24) is 0 Å². The summed E-state index contributed by atoms with van der Waals surface area (Å²) < 4.78 is 25.7. The Kier molecular flexibility index (Phi) is 2.18. The summed E-state index contributed by atoms with van der Waals surface area (Å²) in [5, 5.41) is 18.8. The van der Waals surface area contributed by atoms with Crippen molar-refractivity contribution in [2.45, 2.75) is 19.4 Å². The van der Waals surface area contributed by atoms with Gasteiger partial charge in [0.1, 0.15) is 6.07 Å². The lowest BCUT2D eigenvalue weighted by Crippen LogP contribution is -2.15. The van der Waals surface area contributed by atoms with Gasteiger partial charge in [0.25, 0.3) is 0 Å². The molecule has 0 aromatic heterocycles. The SMILES string of the molecule is [2H]C([2H])([2H])Oc1c(Cl)cc(C(C)(C)O)cc1C#N. The third-order valence-electron chi connectivity index (χ3n) is 1.97. The lowest BCUT2D eigenvalue weighted by Gasteiger charge is -2.19. The molecule has 0 unspecified atom stereocenters. The predicted octanol–water partition coefficient (Wildman–Crippen LogP) is 2.45. The van der Waals surface area contributed by atoms with Crippen LogP contribution in [-0.4, -0.2) is 12.1 Å². The Balaban J connectivity index is 3.35. The van der Waals surface area contributed by atoms with E-state index in [2.05, 4.69) is 4.74 Å². The normalized spacial score (nSPS) is 14.7. The highest BCUT2D eigenvalue weighted by Gasteiger charge is 2.20. The van der Waals surface area contributed by atoms with E-state index in [1.165, 1.54) is 26.0 Å². The van der Waals surface area contributed by atoms with Crippen LogP contribution in [0.3, 0.4) is 0 Å². The molecule has 15 heavy (non-hydrogen) atoms. The Hall–Kier alpha value is -1.24. The van der Waals surface area contributed by atoms with E-state index in [0.29, 0.717) is 5.56 Å². The molecule has 0 bridgehead atoms. The van der Waals surface area contributed by atoms with E-state index in [-0.39, 0.29) is 16.3 Å². The van der Waals surface area contributed by atoms with Gasteiger partial charge < -0.3 is 9.84 Å². The molecule has 1 rings (SSSR count). The van der Waals surface area contributed by atoms with E-state index in [9.17, 15) is 5.11 Å². The standard InChI is InChI=1S/C11H12ClNO2/c1-11(2,14)8-4-7(6-13)10(15-3)9(12)5-8/h4-5,14H,1-3H3/i3D3. The second-order valence-corrected chi connectivity index (χ2v) is 4.01. The molecule has 0 spiro atoms. The first kappa shape index (κ1) is 7.98. The molecule has 0 fully saturated rings. The van der Waals surface area contributed by atoms with Crippen LogP contribution in [0.1, 0.15) is 29.1 Å². The van der Waals surface area contributed by atoms with Gasteiger partial charge in [-0.15, -0.1) is 0 Å². The summed E-state index contributed by atoms with van der Waals surface area (Å²) in [6.07, 6.45) is 0. The molecule has 1 aromatic rings. The quantitative estimate of drug-likeness (QED) is 0.846. The third-order valence-corrected chi connectivity index (χ3v) is 2.25. The van der Waals surface area contributed by atoms with Crippen molar-refractivity contribution in [2.24, 2.45) is 0 Å². The third kappa shape index (κ3) is 2.41. The molecule has 3 nitrogen and oxygen atoms in total. The van der Waals surface area contributed by atoms with E-state index in [1.54, 1.807) is 6.07 Å². The zero-order valence-electron chi connectivity index (χ0n) is 11.3. The summed E-state index contributed by atoms with van der Waals surface area (Å²) in [6, 6.07) is 4.53. The molecular formula is C11H12ClNO2. The lowest BCUT2D eigenvalue weighted by atomic mass is 9.96. The van der Waals surface area contributed by atoms with Gasteiger partial charge in [-0.05, 0) is 31.5 Å². The van der Waals surface area contributed by atoms with Gasteiger partial charge in [-0.2, -0.15) is 5.26 Å². The van der Waals surface area contributed by atoms with Crippen LogP contribution in [0.2, 0.25) is 5.02 Å². The number of halogens is 1. The number of benzene rings is 1. The average molecular weight is 229 g/mol. The number of rotatable bonds is 2. The van der Waals surface area contributed by atoms with Gasteiger partial charge >= 0.3 is 0 Å². The number of aliphatic hydroxyl groups is 1. The van der Waals surface area contributed by atoms with E-state index in [4.69, 9.17) is 21.0 Å². The average Bonchev–Trinajstić information content (AvgIpc) is 2.17. The summed E-state index contributed by atoms with van der Waals surface area (Å²) >= 11 is 5.89. The Morgan fingerprint density at radius 1 is 1.60 bits per heavy atom. The molecule has 80 valence electrons. The van der Waals surface area contributed by atoms with Crippen LogP contribution in [0.4, 0.5) is 0 Å². The van der Waals surface area contributed by atoms with Crippen molar-refractivity contribution in [2.75, 3.05) is 7.04 Å². The molecular weight excluding hydrogens is 214 g/mol. The number of hydrogen-bond acceptors (Lipinski definition) is 3. The van der Waals surface area contributed by atoms with E-state index in [1.807, 2.05) is 0 Å². The molecule has 1 N–H and O–H groups in total. The highest BCUT2D eigenvalue weighted by Crippen LogP contribution is 2.33. The first-order valence-corrected chi connectivity index (χ1v) is 4.58. The first-order valence-electron chi connectivity index (χ1n) is 5.70. The molecule has 0 radical (unpaired) electrons. The minimum atomic E-state index is -2.69. The molecule has 0 aliphatic rings. The van der Waals surface area contributed by atoms with Gasteiger partial charge in [0.2, 0.25) is 0 Å². The lowest BCUT2D eigenvalue weighted by molar-refractivity contribution is 0.0785. The largest absolute Gasteiger partial charge is 0.494 e. The molecule has 0 amide bonds. The van der Waals surface area contributed by atoms with Crippen molar-refractivity contribution in [1.29, 1.82) is 5.26 Å². The van der Waals surface area contributed by atoms with Gasteiger partial charge in [0, 0.05) is 0 Å². The summed E-state index contributed by atoms with van der Waals surface area (Å²) in [7, 11) is -2.69. The number of ether oxygens (including phenoxy) is 1. The zero-order chi connectivity index (χ0) is 14.1. The molecule has 4 heteroatoms. The van der Waals surface area contributed by atoms with Crippen LogP contribution in [-0.2, 0) is 5.60 Å². The van der Waals surface area contributed by atoms with Crippen molar-refractivity contribution in [3.63, 3.8) is 0 Å². The molecule has 0 saturated heterocycles. The number of methoxy groups -OCH3 is 1. The maximum Gasteiger partial charge on any atom is 0.155 e. The molecule has 0 atom stereocenters. The van der Waals surface area contributed by atoms with Crippen molar-refractivity contribution < 1.29 is 14.0 Å². The van der Waals surface area contributed by atoms with Crippen LogP contribution in [0.25, 0.3) is 0 Å². The van der Waals surface area contributed by atoms with Crippen LogP contribution >= 0.6 is 11.6 Å². The summed E-state index contributed by atoms with van der Waals surface area (Å²) in [4.78, 5) is 0. The van der Waals surface area contributed by atoms with Gasteiger partial charge in [0.05, 0.1) is 27.3 Å². The topological polar surface area (TPSA) is 53.2 Å². The molecule has 0 aliphatic heterocycles. The summed E-state index contributed by atoms with van der Waals surface area (Å²) in [6.45, 7) is 3.06. The Morgan fingerprint density at radius 3 is 2.73 bits per heavy atom. The summed E-state index contributed by atoms with van der Waals surface area (Å²) in [5.74, 6) is -0.202. The van der Waals surface area contributed by atoms with Crippen LogP contribution < -0.4 is 4.74 Å². The van der Waals surface area contributed by atoms with Crippen molar-refractivity contribution in [3.05, 3.63) is 28.3 Å². The van der Waals surface area contributed by atoms with Crippen LogP contribution in [0, 0.1) is 11.3 Å². The van der Waals surface area contributed by atoms with Crippen LogP contribution in [0.15, 0.2) is 12.1 Å². The molecule has 0 heterocycles. The Bertz CT molecular complexity index is 501. The van der Waals surface area contributed by atoms with Crippen molar-refractivity contribution in [3.8, 4) is 11.8 Å². The highest BCUT2D eigenvalue weighted by molar-refractivity contribution is 6.32. The fraction of sp³-hybridized carbons (Fsp3) is 0.364. The second-order valence-electron chi connectivity index (χ2n) is 3.61. The van der Waals surface area contributed by atoms with Gasteiger partial charge in [0.15, 0.2) is 5.75 Å². The van der Waals surface area contributed by atoms with Crippen molar-refractivity contribution >= 4 is 11.6 Å². The predicted molar refractivity (Wildman–Crippen MR) is 58.0 cm³/mol. The molecule has 0 saturated carbocycles. The Labute approximate surface area is 98.1 Å². The van der Waals surface area contributed by atoms with Gasteiger partial charge in [-0.25, -0.2) is 0 Å². The molecule has 1 aromatic carbocycles. The number of nitrogens with zero attached hydrogens (tertiary/aromatic N) is 1. The second kappa shape index (κ2) is 4.09. The molecule has 0 aliphatic carbocycles. The van der Waals surface area contributed by atoms with Gasteiger partial charge in [-0.3, -0.25) is 0 Å². The minimum absolute atomic E-state index is 0.0256. The fourth-order valence-electron chi connectivity index (χ4n) is 1.13. The fourth-order valence-corrected chi connectivity index (χ4v) is 1.39. The maximum absolute atomic E-state index is 9.84. The van der Waals surface area contributed by atoms with Crippen LogP contribution in [0.5, 0.6) is 5.75 Å². The minimum Gasteiger partial charge on any atom is -0.494 e.